The van der Waals surface area contributed by atoms with Crippen LogP contribution in [0.4, 0.5) is 0 Å². The molecule has 2 rings (SSSR count). The number of aromatic nitrogens is 2. The third-order valence-electron chi connectivity index (χ3n) is 3.23. The van der Waals surface area contributed by atoms with Crippen molar-refractivity contribution in [1.82, 2.24) is 14.9 Å². The maximum Gasteiger partial charge on any atom is 0.148 e. The Hall–Kier alpha value is 0.160. The van der Waals surface area contributed by atoms with E-state index in [9.17, 15) is 0 Å². The van der Waals surface area contributed by atoms with Crippen molar-refractivity contribution in [2.24, 2.45) is 0 Å². The number of halogens is 2. The van der Waals surface area contributed by atoms with Crippen LogP contribution >= 0.6 is 39.3 Å². The molecular weight excluding hydrogens is 346 g/mol. The molecule has 0 amide bonds. The summed E-state index contributed by atoms with van der Waals surface area (Å²) < 4.78 is 0.816. The van der Waals surface area contributed by atoms with E-state index < -0.39 is 0 Å². The minimum absolute atomic E-state index is 0.0550. The van der Waals surface area contributed by atoms with Gasteiger partial charge in [-0.3, -0.25) is 4.90 Å². The monoisotopic (exact) mass is 363 g/mol. The minimum atomic E-state index is -0.0550. The van der Waals surface area contributed by atoms with Crippen LogP contribution < -0.4 is 0 Å². The summed E-state index contributed by atoms with van der Waals surface area (Å²) in [6.07, 6.45) is 0. The van der Waals surface area contributed by atoms with Crippen molar-refractivity contribution in [1.29, 1.82) is 0 Å². The van der Waals surface area contributed by atoms with Crippen molar-refractivity contribution in [3.8, 4) is 0 Å². The summed E-state index contributed by atoms with van der Waals surface area (Å²) in [5.41, 5.74) is 0.923. The van der Waals surface area contributed by atoms with E-state index in [2.05, 4.69) is 53.6 Å². The molecule has 0 radical (unpaired) electrons. The van der Waals surface area contributed by atoms with Gasteiger partial charge < -0.3 is 0 Å². The van der Waals surface area contributed by atoms with Gasteiger partial charge in [-0.2, -0.15) is 11.8 Å². The molecule has 19 heavy (non-hydrogen) atoms. The zero-order valence-corrected chi connectivity index (χ0v) is 14.9. The second-order valence-corrected chi connectivity index (χ2v) is 8.16. The van der Waals surface area contributed by atoms with Crippen molar-refractivity contribution < 1.29 is 0 Å². The van der Waals surface area contributed by atoms with E-state index in [0.717, 1.165) is 28.3 Å². The molecule has 1 fully saturated rings. The second kappa shape index (κ2) is 5.88. The molecule has 1 saturated heterocycles. The number of rotatable bonds is 1. The zero-order valence-electron chi connectivity index (χ0n) is 11.7. The van der Waals surface area contributed by atoms with E-state index >= 15 is 0 Å². The predicted molar refractivity (Wildman–Crippen MR) is 86.1 cm³/mol. The van der Waals surface area contributed by atoms with Crippen LogP contribution in [0.2, 0.25) is 5.15 Å². The Labute approximate surface area is 132 Å². The summed E-state index contributed by atoms with van der Waals surface area (Å²) in [5.74, 6) is 3.04. The molecule has 106 valence electrons. The molecule has 1 aliphatic heterocycles. The van der Waals surface area contributed by atoms with Gasteiger partial charge in [0.2, 0.25) is 0 Å². The molecule has 1 aromatic rings. The van der Waals surface area contributed by atoms with Gasteiger partial charge in [0.05, 0.1) is 16.2 Å². The summed E-state index contributed by atoms with van der Waals surface area (Å²) in [5, 5.41) is 0.513. The van der Waals surface area contributed by atoms with E-state index in [-0.39, 0.29) is 11.5 Å². The van der Waals surface area contributed by atoms with Crippen LogP contribution in [0.15, 0.2) is 4.47 Å². The molecule has 3 nitrogen and oxygen atoms in total. The molecule has 0 aromatic carbocycles. The van der Waals surface area contributed by atoms with Gasteiger partial charge in [-0.25, -0.2) is 9.97 Å². The maximum atomic E-state index is 6.27. The lowest BCUT2D eigenvalue weighted by atomic mass is 9.92. The zero-order chi connectivity index (χ0) is 14.2. The van der Waals surface area contributed by atoms with Gasteiger partial charge in [0.15, 0.2) is 0 Å². The smallest absolute Gasteiger partial charge is 0.148 e. The highest BCUT2D eigenvalue weighted by Crippen LogP contribution is 2.35. The third kappa shape index (κ3) is 3.43. The van der Waals surface area contributed by atoms with Gasteiger partial charge in [-0.1, -0.05) is 32.4 Å². The van der Waals surface area contributed by atoms with Crippen molar-refractivity contribution in [2.75, 3.05) is 25.1 Å². The number of thioether (sulfide) groups is 1. The van der Waals surface area contributed by atoms with Gasteiger partial charge >= 0.3 is 0 Å². The average Bonchev–Trinajstić information content (AvgIpc) is 2.31. The quantitative estimate of drug-likeness (QED) is 0.707. The molecule has 1 atom stereocenters. The molecule has 6 heteroatoms. The fraction of sp³-hybridized carbons (Fsp3) is 0.692. The minimum Gasteiger partial charge on any atom is -0.295 e. The first kappa shape index (κ1) is 15.5. The highest BCUT2D eigenvalue weighted by Gasteiger charge is 2.28. The second-order valence-electron chi connectivity index (χ2n) is 5.86. The molecule has 2 heterocycles. The lowest BCUT2D eigenvalue weighted by Gasteiger charge is -2.32. The Morgan fingerprint density at radius 3 is 2.63 bits per heavy atom. The van der Waals surface area contributed by atoms with Crippen LogP contribution in [0.1, 0.15) is 38.3 Å². The van der Waals surface area contributed by atoms with E-state index in [1.807, 2.05) is 11.8 Å². The predicted octanol–water partition coefficient (Wildman–Crippen LogP) is 3.91. The fourth-order valence-electron chi connectivity index (χ4n) is 2.04. The number of hydrogen-bond donors (Lipinski definition) is 0. The highest BCUT2D eigenvalue weighted by atomic mass is 79.9. The topological polar surface area (TPSA) is 29.0 Å². The Kier molecular flexibility index (Phi) is 4.81. The van der Waals surface area contributed by atoms with Crippen LogP contribution in [0, 0.1) is 0 Å². The van der Waals surface area contributed by atoms with Crippen LogP contribution in [0.3, 0.4) is 0 Å². The molecule has 0 N–H and O–H groups in total. The van der Waals surface area contributed by atoms with Crippen LogP contribution in [-0.2, 0) is 5.41 Å². The number of nitrogens with zero attached hydrogens (tertiary/aromatic N) is 3. The summed E-state index contributed by atoms with van der Waals surface area (Å²) >= 11 is 11.7. The maximum absolute atomic E-state index is 6.27. The highest BCUT2D eigenvalue weighted by molar-refractivity contribution is 9.10. The first-order valence-electron chi connectivity index (χ1n) is 6.32. The molecule has 0 bridgehead atoms. The van der Waals surface area contributed by atoms with Gasteiger partial charge in [0.1, 0.15) is 11.0 Å². The van der Waals surface area contributed by atoms with Crippen molar-refractivity contribution in [2.45, 2.75) is 32.2 Å². The number of hydrogen-bond acceptors (Lipinski definition) is 4. The normalized spacial score (nSPS) is 21.7. The molecule has 1 aromatic heterocycles. The van der Waals surface area contributed by atoms with Crippen LogP contribution in [0.25, 0.3) is 0 Å². The first-order chi connectivity index (χ1) is 8.80. The van der Waals surface area contributed by atoms with Crippen molar-refractivity contribution >= 4 is 39.3 Å². The van der Waals surface area contributed by atoms with Crippen LogP contribution in [-0.4, -0.2) is 40.0 Å². The SMILES string of the molecule is CN1CCSCC1c1nc(Cl)c(Br)c(C(C)(C)C)n1. The summed E-state index contributed by atoms with van der Waals surface area (Å²) in [6, 6.07) is 0.255. The summed E-state index contributed by atoms with van der Waals surface area (Å²) in [7, 11) is 2.13. The van der Waals surface area contributed by atoms with E-state index in [4.69, 9.17) is 16.6 Å². The standard InChI is InChI=1S/C13H19BrClN3S/c1-13(2,3)10-9(14)11(15)17-12(16-10)8-7-19-6-5-18(8)4/h8H,5-7H2,1-4H3. The van der Waals surface area contributed by atoms with E-state index in [1.54, 1.807) is 0 Å². The van der Waals surface area contributed by atoms with Gasteiger partial charge in [-0.15, -0.1) is 0 Å². The Morgan fingerprint density at radius 2 is 2.05 bits per heavy atom. The van der Waals surface area contributed by atoms with Crippen molar-refractivity contribution in [3.63, 3.8) is 0 Å². The molecule has 1 aliphatic rings. The largest absolute Gasteiger partial charge is 0.295 e. The fourth-order valence-corrected chi connectivity index (χ4v) is 4.20. The lowest BCUT2D eigenvalue weighted by molar-refractivity contribution is 0.263. The molecule has 0 aliphatic carbocycles. The molecular formula is C13H19BrClN3S. The van der Waals surface area contributed by atoms with Gasteiger partial charge in [0.25, 0.3) is 0 Å². The third-order valence-corrected chi connectivity index (χ3v) is 5.51. The molecule has 1 unspecified atom stereocenters. The Bertz CT molecular complexity index is 476. The van der Waals surface area contributed by atoms with Gasteiger partial charge in [0, 0.05) is 23.5 Å². The van der Waals surface area contributed by atoms with Crippen LogP contribution in [0.5, 0.6) is 0 Å². The first-order valence-corrected chi connectivity index (χ1v) is 8.64. The Morgan fingerprint density at radius 1 is 1.37 bits per heavy atom. The van der Waals surface area contributed by atoms with Crippen molar-refractivity contribution in [3.05, 3.63) is 21.1 Å². The summed E-state index contributed by atoms with van der Waals surface area (Å²) in [4.78, 5) is 11.6. The Balaban J connectivity index is 2.44. The average molecular weight is 365 g/mol. The molecule has 0 spiro atoms. The van der Waals surface area contributed by atoms with E-state index in [1.165, 1.54) is 5.75 Å². The van der Waals surface area contributed by atoms with Gasteiger partial charge in [-0.05, 0) is 23.0 Å². The molecule has 0 saturated carbocycles. The summed E-state index contributed by atoms with van der Waals surface area (Å²) in [6.45, 7) is 7.48. The lowest BCUT2D eigenvalue weighted by Crippen LogP contribution is -2.34. The van der Waals surface area contributed by atoms with E-state index in [0.29, 0.717) is 5.15 Å².